The van der Waals surface area contributed by atoms with E-state index in [0.29, 0.717) is 12.5 Å². The molecule has 1 amide bonds. The summed E-state index contributed by atoms with van der Waals surface area (Å²) in [7, 11) is 3.57. The molecule has 1 aromatic carbocycles. The molecule has 1 aromatic rings. The topological polar surface area (TPSA) is 66.0 Å². The van der Waals surface area contributed by atoms with Crippen molar-refractivity contribution in [1.82, 2.24) is 10.2 Å². The molecule has 2 N–H and O–H groups in total. The van der Waals surface area contributed by atoms with Crippen LogP contribution < -0.4 is 10.6 Å². The van der Waals surface area contributed by atoms with Crippen molar-refractivity contribution < 1.29 is 9.53 Å². The summed E-state index contributed by atoms with van der Waals surface area (Å²) >= 11 is 0. The van der Waals surface area contributed by atoms with E-state index in [4.69, 9.17) is 4.74 Å². The third-order valence-electron chi connectivity index (χ3n) is 4.40. The molecule has 7 heteroatoms. The molecule has 1 atom stereocenters. The second-order valence-electron chi connectivity index (χ2n) is 6.80. The van der Waals surface area contributed by atoms with E-state index in [1.807, 2.05) is 45.2 Å². The summed E-state index contributed by atoms with van der Waals surface area (Å²) in [6.45, 7) is 7.26. The first-order chi connectivity index (χ1) is 12.0. The number of halogens is 1. The highest BCUT2D eigenvalue weighted by molar-refractivity contribution is 14.0. The van der Waals surface area contributed by atoms with Crippen LogP contribution >= 0.6 is 24.0 Å². The number of nitrogens with one attached hydrogen (secondary N) is 2. The Morgan fingerprint density at radius 3 is 2.62 bits per heavy atom. The fourth-order valence-corrected chi connectivity index (χ4v) is 2.90. The Morgan fingerprint density at radius 2 is 2.04 bits per heavy atom. The van der Waals surface area contributed by atoms with Gasteiger partial charge in [-0.05, 0) is 24.1 Å². The van der Waals surface area contributed by atoms with Crippen molar-refractivity contribution in [2.75, 3.05) is 39.2 Å². The molecule has 1 aliphatic heterocycles. The lowest BCUT2D eigenvalue weighted by molar-refractivity contribution is -0.118. The number of guanidine groups is 1. The molecule has 0 radical (unpaired) electrons. The van der Waals surface area contributed by atoms with Crippen molar-refractivity contribution in [3.63, 3.8) is 0 Å². The molecule has 1 fully saturated rings. The zero-order chi connectivity index (χ0) is 18.2. The molecule has 6 nitrogen and oxygen atoms in total. The summed E-state index contributed by atoms with van der Waals surface area (Å²) in [5, 5.41) is 6.32. The van der Waals surface area contributed by atoms with Gasteiger partial charge >= 0.3 is 0 Å². The molecule has 1 heterocycles. The highest BCUT2D eigenvalue weighted by Gasteiger charge is 2.24. The lowest BCUT2D eigenvalue weighted by atomic mass is 10.1. The SMILES string of the molecule is CN=C(NCc1ccc(NC(=O)C(C)C)cc1)N1CCC(COC)C1.I. The Labute approximate surface area is 173 Å². The van der Waals surface area contributed by atoms with Gasteiger partial charge in [-0.15, -0.1) is 24.0 Å². The number of ether oxygens (including phenoxy) is 1. The number of rotatable bonds is 6. The van der Waals surface area contributed by atoms with Gasteiger partial charge in [0.25, 0.3) is 0 Å². The second-order valence-corrected chi connectivity index (χ2v) is 6.80. The molecule has 1 saturated heterocycles. The monoisotopic (exact) mass is 474 g/mol. The van der Waals surface area contributed by atoms with Gasteiger partial charge in [0, 0.05) is 51.3 Å². The first kappa shape index (κ1) is 22.7. The van der Waals surface area contributed by atoms with E-state index in [1.54, 1.807) is 7.11 Å². The average molecular weight is 474 g/mol. The van der Waals surface area contributed by atoms with Gasteiger partial charge in [0.05, 0.1) is 6.61 Å². The van der Waals surface area contributed by atoms with Crippen LogP contribution in [-0.4, -0.2) is 50.6 Å². The molecular formula is C19H31IN4O2. The van der Waals surface area contributed by atoms with Crippen LogP contribution in [0.5, 0.6) is 0 Å². The van der Waals surface area contributed by atoms with E-state index < -0.39 is 0 Å². The number of amides is 1. The molecule has 2 rings (SSSR count). The summed E-state index contributed by atoms with van der Waals surface area (Å²) in [4.78, 5) is 18.4. The predicted molar refractivity (Wildman–Crippen MR) is 117 cm³/mol. The first-order valence-corrected chi connectivity index (χ1v) is 8.87. The lowest BCUT2D eigenvalue weighted by Gasteiger charge is -2.21. The van der Waals surface area contributed by atoms with Gasteiger partial charge in [-0.2, -0.15) is 0 Å². The smallest absolute Gasteiger partial charge is 0.226 e. The standard InChI is InChI=1S/C19H30N4O2.HI/c1-14(2)18(24)22-17-7-5-15(6-8-17)11-21-19(20-3)23-10-9-16(12-23)13-25-4;/h5-8,14,16H,9-13H2,1-4H3,(H,20,21)(H,22,24);1H. The first-order valence-electron chi connectivity index (χ1n) is 8.87. The van der Waals surface area contributed by atoms with Crippen molar-refractivity contribution in [1.29, 1.82) is 0 Å². The van der Waals surface area contributed by atoms with Gasteiger partial charge in [-0.1, -0.05) is 26.0 Å². The molecule has 0 spiro atoms. The minimum atomic E-state index is -0.0212. The van der Waals surface area contributed by atoms with Crippen LogP contribution in [0.2, 0.25) is 0 Å². The molecular weight excluding hydrogens is 443 g/mol. The quantitative estimate of drug-likeness (QED) is 0.378. The van der Waals surface area contributed by atoms with Crippen molar-refractivity contribution in [2.24, 2.45) is 16.8 Å². The van der Waals surface area contributed by atoms with Crippen LogP contribution in [0.1, 0.15) is 25.8 Å². The van der Waals surface area contributed by atoms with E-state index in [2.05, 4.69) is 20.5 Å². The fraction of sp³-hybridized carbons (Fsp3) is 0.579. The van der Waals surface area contributed by atoms with Crippen molar-refractivity contribution >= 4 is 41.5 Å². The minimum absolute atomic E-state index is 0. The number of hydrogen-bond acceptors (Lipinski definition) is 3. The maximum atomic E-state index is 11.7. The molecule has 0 saturated carbocycles. The number of carbonyl (C=O) groups is 1. The number of anilines is 1. The van der Waals surface area contributed by atoms with Crippen molar-refractivity contribution in [2.45, 2.75) is 26.8 Å². The normalized spacial score (nSPS) is 17.2. The molecule has 0 aliphatic carbocycles. The highest BCUT2D eigenvalue weighted by atomic mass is 127. The minimum Gasteiger partial charge on any atom is -0.384 e. The van der Waals surface area contributed by atoms with Gasteiger partial charge in [-0.25, -0.2) is 0 Å². The van der Waals surface area contributed by atoms with Crippen LogP contribution in [-0.2, 0) is 16.1 Å². The van der Waals surface area contributed by atoms with Gasteiger partial charge in [-0.3, -0.25) is 9.79 Å². The van der Waals surface area contributed by atoms with E-state index in [9.17, 15) is 4.79 Å². The number of benzene rings is 1. The zero-order valence-corrected chi connectivity index (χ0v) is 18.4. The van der Waals surface area contributed by atoms with Gasteiger partial charge in [0.15, 0.2) is 5.96 Å². The summed E-state index contributed by atoms with van der Waals surface area (Å²) in [6.07, 6.45) is 1.14. The number of aliphatic imine (C=N–C) groups is 1. The van der Waals surface area contributed by atoms with Crippen molar-refractivity contribution in [3.05, 3.63) is 29.8 Å². The predicted octanol–water partition coefficient (Wildman–Crippen LogP) is 2.94. The van der Waals surface area contributed by atoms with Crippen LogP contribution in [0.4, 0.5) is 5.69 Å². The highest BCUT2D eigenvalue weighted by Crippen LogP contribution is 2.16. The fourth-order valence-electron chi connectivity index (χ4n) is 2.90. The van der Waals surface area contributed by atoms with Gasteiger partial charge in [0.1, 0.15) is 0 Å². The second kappa shape index (κ2) is 11.4. The third-order valence-corrected chi connectivity index (χ3v) is 4.40. The molecule has 146 valence electrons. The zero-order valence-electron chi connectivity index (χ0n) is 16.1. The van der Waals surface area contributed by atoms with E-state index in [0.717, 1.165) is 43.3 Å². The summed E-state index contributed by atoms with van der Waals surface area (Å²) < 4.78 is 5.25. The maximum absolute atomic E-state index is 11.7. The molecule has 0 bridgehead atoms. The number of hydrogen-bond donors (Lipinski definition) is 2. The summed E-state index contributed by atoms with van der Waals surface area (Å²) in [6, 6.07) is 7.91. The maximum Gasteiger partial charge on any atom is 0.226 e. The Balaban J connectivity index is 0.00000338. The van der Waals surface area contributed by atoms with Crippen LogP contribution in [0.25, 0.3) is 0 Å². The van der Waals surface area contributed by atoms with E-state index in [1.165, 1.54) is 0 Å². The van der Waals surface area contributed by atoms with Gasteiger partial charge < -0.3 is 20.3 Å². The molecule has 0 aromatic heterocycles. The Bertz CT molecular complexity index is 590. The van der Waals surface area contributed by atoms with Crippen LogP contribution in [0, 0.1) is 11.8 Å². The van der Waals surface area contributed by atoms with Gasteiger partial charge in [0.2, 0.25) is 5.91 Å². The molecule has 1 aliphatic rings. The molecule has 26 heavy (non-hydrogen) atoms. The largest absolute Gasteiger partial charge is 0.384 e. The average Bonchev–Trinajstić information content (AvgIpc) is 3.05. The number of methoxy groups -OCH3 is 1. The summed E-state index contributed by atoms with van der Waals surface area (Å²) in [5.41, 5.74) is 1.98. The number of likely N-dealkylation sites (tertiary alicyclic amines) is 1. The van der Waals surface area contributed by atoms with E-state index in [-0.39, 0.29) is 35.8 Å². The number of carbonyl (C=O) groups excluding carboxylic acids is 1. The Hall–Kier alpha value is -1.35. The Kier molecular flexibility index (Phi) is 9.93. The summed E-state index contributed by atoms with van der Waals surface area (Å²) in [5.74, 6) is 1.51. The Morgan fingerprint density at radius 1 is 1.35 bits per heavy atom. The number of nitrogens with zero attached hydrogens (tertiary/aromatic N) is 2. The van der Waals surface area contributed by atoms with Crippen LogP contribution in [0.15, 0.2) is 29.3 Å². The third kappa shape index (κ3) is 6.75. The molecule has 1 unspecified atom stereocenters. The van der Waals surface area contributed by atoms with E-state index >= 15 is 0 Å². The van der Waals surface area contributed by atoms with Crippen LogP contribution in [0.3, 0.4) is 0 Å². The van der Waals surface area contributed by atoms with Crippen molar-refractivity contribution in [3.8, 4) is 0 Å². The lowest BCUT2D eigenvalue weighted by Crippen LogP contribution is -2.39.